The highest BCUT2D eigenvalue weighted by molar-refractivity contribution is 6.30. The van der Waals surface area contributed by atoms with Crippen molar-refractivity contribution in [1.82, 2.24) is 9.55 Å². The molecule has 0 radical (unpaired) electrons. The molecule has 0 aliphatic heterocycles. The number of hydrogen-bond acceptors (Lipinski definition) is 4. The van der Waals surface area contributed by atoms with Gasteiger partial charge in [0.15, 0.2) is 5.15 Å². The number of unbranched alkanes of at least 4 members (excludes halogenated alkanes) is 1. The number of imidazole rings is 1. The van der Waals surface area contributed by atoms with E-state index >= 15 is 0 Å². The van der Waals surface area contributed by atoms with Crippen molar-refractivity contribution in [2.24, 2.45) is 0 Å². The lowest BCUT2D eigenvalue weighted by atomic mass is 10.00. The van der Waals surface area contributed by atoms with Crippen LogP contribution < -0.4 is 0 Å². The zero-order valence-corrected chi connectivity index (χ0v) is 18.7. The van der Waals surface area contributed by atoms with Crippen LogP contribution in [-0.4, -0.2) is 38.8 Å². The maximum Gasteiger partial charge on any atom is 0.336 e. The first-order valence-electron chi connectivity index (χ1n) is 10.3. The van der Waals surface area contributed by atoms with Gasteiger partial charge >= 0.3 is 11.9 Å². The first kappa shape index (κ1) is 23.5. The number of ether oxygens (including phenoxy) is 1. The van der Waals surface area contributed by atoms with Crippen LogP contribution >= 0.6 is 11.6 Å². The number of aromatic carboxylic acids is 2. The minimum Gasteiger partial charge on any atom is -0.478 e. The van der Waals surface area contributed by atoms with Gasteiger partial charge in [-0.15, -0.1) is 0 Å². The molecule has 0 bridgehead atoms. The van der Waals surface area contributed by atoms with Gasteiger partial charge in [-0.2, -0.15) is 0 Å². The molecule has 3 aromatic rings. The number of benzene rings is 2. The van der Waals surface area contributed by atoms with Gasteiger partial charge in [0.05, 0.1) is 16.8 Å². The number of rotatable bonds is 10. The van der Waals surface area contributed by atoms with Gasteiger partial charge in [0.25, 0.3) is 0 Å². The summed E-state index contributed by atoms with van der Waals surface area (Å²) < 4.78 is 7.70. The standard InChI is InChI=1S/C24H25ClN2O5/c1-3-4-9-19-26-22(25)20(21(32-2)17-7-5-6-8-18(17)24(30)31)27(19)14-15-10-12-16(13-11-15)23(28)29/h5-8,10-13,21H,3-4,9,14H2,1-2H3,(H,28,29)(H,30,31). The van der Waals surface area contributed by atoms with Crippen LogP contribution in [0.5, 0.6) is 0 Å². The van der Waals surface area contributed by atoms with Crippen LogP contribution in [0, 0.1) is 0 Å². The van der Waals surface area contributed by atoms with Crippen LogP contribution in [0.3, 0.4) is 0 Å². The predicted octanol–water partition coefficient (Wildman–Crippen LogP) is 5.06. The Morgan fingerprint density at radius 3 is 2.38 bits per heavy atom. The number of carbonyl (C=O) groups is 2. The summed E-state index contributed by atoms with van der Waals surface area (Å²) in [5, 5.41) is 19.1. The molecule has 32 heavy (non-hydrogen) atoms. The van der Waals surface area contributed by atoms with Gasteiger partial charge in [0.2, 0.25) is 0 Å². The molecule has 8 heteroatoms. The topological polar surface area (TPSA) is 102 Å². The molecule has 0 spiro atoms. The van der Waals surface area contributed by atoms with Gasteiger partial charge < -0.3 is 19.5 Å². The van der Waals surface area contributed by atoms with Crippen molar-refractivity contribution < 1.29 is 24.5 Å². The van der Waals surface area contributed by atoms with Gasteiger partial charge in [-0.3, -0.25) is 0 Å². The van der Waals surface area contributed by atoms with E-state index in [0.717, 1.165) is 24.2 Å². The number of halogens is 1. The molecule has 7 nitrogen and oxygen atoms in total. The normalized spacial score (nSPS) is 12.0. The first-order valence-corrected chi connectivity index (χ1v) is 10.7. The van der Waals surface area contributed by atoms with Gasteiger partial charge in [0.1, 0.15) is 11.9 Å². The minimum absolute atomic E-state index is 0.129. The molecular weight excluding hydrogens is 432 g/mol. The fraction of sp³-hybridized carbons (Fsp3) is 0.292. The Labute approximate surface area is 191 Å². The van der Waals surface area contributed by atoms with Crippen molar-refractivity contribution in [2.75, 3.05) is 7.11 Å². The summed E-state index contributed by atoms with van der Waals surface area (Å²) in [5.41, 5.74) is 2.24. The quantitative estimate of drug-likeness (QED) is 0.442. The molecule has 2 N–H and O–H groups in total. The molecule has 168 valence electrons. The number of methoxy groups -OCH3 is 1. The Morgan fingerprint density at radius 2 is 1.78 bits per heavy atom. The Bertz CT molecular complexity index is 1110. The lowest BCUT2D eigenvalue weighted by Crippen LogP contribution is -2.17. The molecule has 0 saturated carbocycles. The molecule has 3 rings (SSSR count). The maximum atomic E-state index is 11.8. The molecule has 0 saturated heterocycles. The van der Waals surface area contributed by atoms with E-state index in [1.54, 1.807) is 42.5 Å². The lowest BCUT2D eigenvalue weighted by Gasteiger charge is -2.21. The summed E-state index contributed by atoms with van der Waals surface area (Å²) in [5.74, 6) is -1.28. The highest BCUT2D eigenvalue weighted by Gasteiger charge is 2.28. The van der Waals surface area contributed by atoms with E-state index in [1.165, 1.54) is 13.2 Å². The third-order valence-corrected chi connectivity index (χ3v) is 5.57. The van der Waals surface area contributed by atoms with Crippen molar-refractivity contribution in [3.05, 3.63) is 87.5 Å². The average Bonchev–Trinajstić information content (AvgIpc) is 3.08. The number of aryl methyl sites for hydroxylation is 1. The predicted molar refractivity (Wildman–Crippen MR) is 121 cm³/mol. The van der Waals surface area contributed by atoms with Gasteiger partial charge in [0, 0.05) is 25.6 Å². The summed E-state index contributed by atoms with van der Waals surface area (Å²) >= 11 is 6.58. The summed E-state index contributed by atoms with van der Waals surface area (Å²) in [6, 6.07) is 13.2. The maximum absolute atomic E-state index is 11.8. The van der Waals surface area contributed by atoms with Crippen molar-refractivity contribution in [3.63, 3.8) is 0 Å². The van der Waals surface area contributed by atoms with E-state index in [4.69, 9.17) is 21.4 Å². The van der Waals surface area contributed by atoms with E-state index in [1.807, 2.05) is 4.57 Å². The SMILES string of the molecule is CCCCc1nc(Cl)c(C(OC)c2ccccc2C(=O)O)n1Cc1ccc(C(=O)O)cc1. The molecule has 0 aliphatic rings. The second-order valence-corrected chi connectivity index (χ2v) is 7.76. The molecule has 0 aliphatic carbocycles. The van der Waals surface area contributed by atoms with E-state index in [9.17, 15) is 14.7 Å². The minimum atomic E-state index is -1.06. The monoisotopic (exact) mass is 456 g/mol. The number of hydrogen-bond donors (Lipinski definition) is 2. The summed E-state index contributed by atoms with van der Waals surface area (Å²) in [4.78, 5) is 27.5. The fourth-order valence-corrected chi connectivity index (χ4v) is 3.97. The smallest absolute Gasteiger partial charge is 0.336 e. The van der Waals surface area contributed by atoms with Gasteiger partial charge in [-0.25, -0.2) is 14.6 Å². The van der Waals surface area contributed by atoms with Crippen LogP contribution in [0.4, 0.5) is 0 Å². The highest BCUT2D eigenvalue weighted by Crippen LogP contribution is 2.34. The Balaban J connectivity index is 2.11. The van der Waals surface area contributed by atoms with Gasteiger partial charge in [-0.05, 0) is 30.2 Å². The first-order chi connectivity index (χ1) is 15.4. The number of carboxylic acids is 2. The largest absolute Gasteiger partial charge is 0.478 e. The molecular formula is C24H25ClN2O5. The number of carboxylic acid groups (broad SMARTS) is 2. The zero-order chi connectivity index (χ0) is 23.3. The summed E-state index contributed by atoms with van der Waals surface area (Å²) in [7, 11) is 1.50. The van der Waals surface area contributed by atoms with E-state index < -0.39 is 18.0 Å². The van der Waals surface area contributed by atoms with Crippen molar-refractivity contribution >= 4 is 23.5 Å². The lowest BCUT2D eigenvalue weighted by molar-refractivity contribution is 0.0679. The molecule has 0 fully saturated rings. The Hall–Kier alpha value is -3.16. The third kappa shape index (κ3) is 5.00. The van der Waals surface area contributed by atoms with E-state index in [2.05, 4.69) is 11.9 Å². The van der Waals surface area contributed by atoms with Crippen LogP contribution in [0.2, 0.25) is 5.15 Å². The molecule has 1 aromatic heterocycles. The Morgan fingerprint density at radius 1 is 1.09 bits per heavy atom. The van der Waals surface area contributed by atoms with Gasteiger partial charge in [-0.1, -0.05) is 55.3 Å². The summed E-state index contributed by atoms with van der Waals surface area (Å²) in [6.07, 6.45) is 1.84. The van der Waals surface area contributed by atoms with Crippen LogP contribution in [0.1, 0.15) is 69.2 Å². The number of aromatic nitrogens is 2. The summed E-state index contributed by atoms with van der Waals surface area (Å²) in [6.45, 7) is 2.48. The molecule has 0 amide bonds. The molecule has 1 atom stereocenters. The molecule has 1 unspecified atom stereocenters. The highest BCUT2D eigenvalue weighted by atomic mass is 35.5. The third-order valence-electron chi connectivity index (χ3n) is 5.29. The van der Waals surface area contributed by atoms with Crippen LogP contribution in [0.25, 0.3) is 0 Å². The average molecular weight is 457 g/mol. The van der Waals surface area contributed by atoms with E-state index in [-0.39, 0.29) is 16.3 Å². The fourth-order valence-electron chi connectivity index (χ4n) is 3.67. The van der Waals surface area contributed by atoms with Crippen LogP contribution in [0.15, 0.2) is 48.5 Å². The van der Waals surface area contributed by atoms with Crippen molar-refractivity contribution in [3.8, 4) is 0 Å². The van der Waals surface area contributed by atoms with E-state index in [0.29, 0.717) is 24.2 Å². The zero-order valence-electron chi connectivity index (χ0n) is 17.9. The molecule has 2 aromatic carbocycles. The van der Waals surface area contributed by atoms with Crippen molar-refractivity contribution in [1.29, 1.82) is 0 Å². The Kier molecular flexibility index (Phi) is 7.66. The second kappa shape index (κ2) is 10.4. The van der Waals surface area contributed by atoms with Crippen LogP contribution in [-0.2, 0) is 17.7 Å². The van der Waals surface area contributed by atoms with Crippen molar-refractivity contribution in [2.45, 2.75) is 38.8 Å². The number of nitrogens with zero attached hydrogens (tertiary/aromatic N) is 2. The molecule has 1 heterocycles. The second-order valence-electron chi connectivity index (χ2n) is 7.40.